The molecule has 1 fully saturated rings. The average Bonchev–Trinajstić information content (AvgIpc) is 2.59. The van der Waals surface area contributed by atoms with Gasteiger partial charge >= 0.3 is 6.03 Å². The van der Waals surface area contributed by atoms with Crippen LogP contribution in [0.25, 0.3) is 6.08 Å². The van der Waals surface area contributed by atoms with E-state index in [-0.39, 0.29) is 6.03 Å². The Hall–Kier alpha value is -2.40. The van der Waals surface area contributed by atoms with E-state index in [2.05, 4.69) is 28.5 Å². The third-order valence-corrected chi connectivity index (χ3v) is 4.37. The van der Waals surface area contributed by atoms with Crippen molar-refractivity contribution in [2.24, 2.45) is 5.92 Å². The Morgan fingerprint density at radius 3 is 2.79 bits per heavy atom. The molecule has 1 aliphatic rings. The molecule has 1 aromatic heterocycles. The zero-order valence-corrected chi connectivity index (χ0v) is 14.2. The van der Waals surface area contributed by atoms with Gasteiger partial charge in [-0.3, -0.25) is 5.32 Å². The zero-order valence-electron chi connectivity index (χ0n) is 13.4. The minimum absolute atomic E-state index is 0.132. The normalized spacial score (nSPS) is 19.3. The molecule has 2 aromatic rings. The second-order valence-electron chi connectivity index (χ2n) is 5.91. The van der Waals surface area contributed by atoms with E-state index in [1.54, 1.807) is 18.3 Å². The molecule has 0 bridgehead atoms. The Morgan fingerprint density at radius 2 is 2.12 bits per heavy atom. The van der Waals surface area contributed by atoms with Gasteiger partial charge in [0.05, 0.1) is 0 Å². The molecular formula is C18H19ClN4O. The molecule has 1 aliphatic heterocycles. The number of anilines is 1. The monoisotopic (exact) mass is 342 g/mol. The maximum atomic E-state index is 12.3. The number of amides is 2. The predicted molar refractivity (Wildman–Crippen MR) is 95.8 cm³/mol. The number of benzene rings is 1. The highest BCUT2D eigenvalue weighted by molar-refractivity contribution is 6.30. The van der Waals surface area contributed by atoms with Crippen LogP contribution in [0.5, 0.6) is 0 Å². The van der Waals surface area contributed by atoms with E-state index in [1.165, 1.54) is 5.57 Å². The maximum Gasteiger partial charge on any atom is 0.323 e. The number of urea groups is 1. The number of piperidine rings is 1. The van der Waals surface area contributed by atoms with Crippen LogP contribution in [0, 0.1) is 5.92 Å². The van der Waals surface area contributed by atoms with Crippen molar-refractivity contribution < 1.29 is 4.79 Å². The first-order valence-electron chi connectivity index (χ1n) is 7.91. The first-order valence-corrected chi connectivity index (χ1v) is 8.29. The van der Waals surface area contributed by atoms with E-state index in [4.69, 9.17) is 11.6 Å². The first kappa shape index (κ1) is 16.5. The molecule has 0 radical (unpaired) electrons. The number of rotatable bonds is 2. The third kappa shape index (κ3) is 4.11. The van der Waals surface area contributed by atoms with Crippen LogP contribution >= 0.6 is 11.6 Å². The Balaban J connectivity index is 1.62. The predicted octanol–water partition coefficient (Wildman–Crippen LogP) is 4.09. The Labute approximate surface area is 146 Å². The summed E-state index contributed by atoms with van der Waals surface area (Å²) < 4.78 is 0. The number of likely N-dealkylation sites (tertiary alicyclic amines) is 1. The summed E-state index contributed by atoms with van der Waals surface area (Å²) in [6, 6.07) is 11.1. The van der Waals surface area contributed by atoms with Crippen molar-refractivity contribution in [3.05, 3.63) is 58.8 Å². The SMILES string of the molecule is CC1CN(C(=O)Nc2cccnn2)CC/C1=C\c1ccc(Cl)cc1. The summed E-state index contributed by atoms with van der Waals surface area (Å²) >= 11 is 5.92. The lowest BCUT2D eigenvalue weighted by atomic mass is 9.91. The van der Waals surface area contributed by atoms with Crippen LogP contribution in [0.1, 0.15) is 18.9 Å². The summed E-state index contributed by atoms with van der Waals surface area (Å²) in [5.41, 5.74) is 2.49. The largest absolute Gasteiger partial charge is 0.324 e. The number of halogens is 1. The van der Waals surface area contributed by atoms with E-state index in [0.29, 0.717) is 24.8 Å². The van der Waals surface area contributed by atoms with E-state index in [9.17, 15) is 4.79 Å². The van der Waals surface area contributed by atoms with Crippen molar-refractivity contribution in [1.29, 1.82) is 0 Å². The summed E-state index contributed by atoms with van der Waals surface area (Å²) in [6.07, 6.45) is 4.63. The highest BCUT2D eigenvalue weighted by Gasteiger charge is 2.24. The number of carbonyl (C=O) groups is 1. The topological polar surface area (TPSA) is 58.1 Å². The Bertz CT molecular complexity index is 730. The van der Waals surface area contributed by atoms with Crippen LogP contribution in [-0.2, 0) is 0 Å². The van der Waals surface area contributed by atoms with Crippen LogP contribution in [0.3, 0.4) is 0 Å². The van der Waals surface area contributed by atoms with Crippen LogP contribution < -0.4 is 5.32 Å². The van der Waals surface area contributed by atoms with Crippen LogP contribution in [0.4, 0.5) is 10.6 Å². The lowest BCUT2D eigenvalue weighted by molar-refractivity contribution is 0.197. The fourth-order valence-electron chi connectivity index (χ4n) is 2.78. The van der Waals surface area contributed by atoms with Crippen molar-refractivity contribution in [3.8, 4) is 0 Å². The highest BCUT2D eigenvalue weighted by atomic mass is 35.5. The van der Waals surface area contributed by atoms with Crippen molar-refractivity contribution in [2.75, 3.05) is 18.4 Å². The average molecular weight is 343 g/mol. The van der Waals surface area contributed by atoms with Gasteiger partial charge in [0.25, 0.3) is 0 Å². The summed E-state index contributed by atoms with van der Waals surface area (Å²) in [7, 11) is 0. The van der Waals surface area contributed by atoms with E-state index in [0.717, 1.165) is 17.0 Å². The van der Waals surface area contributed by atoms with Gasteiger partial charge in [-0.15, -0.1) is 5.10 Å². The van der Waals surface area contributed by atoms with Crippen LogP contribution in [0.2, 0.25) is 5.02 Å². The highest BCUT2D eigenvalue weighted by Crippen LogP contribution is 2.25. The van der Waals surface area contributed by atoms with Gasteiger partial charge in [0, 0.05) is 24.3 Å². The van der Waals surface area contributed by atoms with Gasteiger partial charge in [0.1, 0.15) is 0 Å². The minimum Gasteiger partial charge on any atom is -0.324 e. The Kier molecular flexibility index (Phi) is 5.11. The molecule has 2 amide bonds. The fourth-order valence-corrected chi connectivity index (χ4v) is 2.90. The van der Waals surface area contributed by atoms with E-state index >= 15 is 0 Å². The summed E-state index contributed by atoms with van der Waals surface area (Å²) in [5.74, 6) is 0.777. The van der Waals surface area contributed by atoms with Crippen LogP contribution in [0.15, 0.2) is 48.2 Å². The molecular weight excluding hydrogens is 324 g/mol. The number of nitrogens with zero attached hydrogens (tertiary/aromatic N) is 3. The molecule has 1 atom stereocenters. The fraction of sp³-hybridized carbons (Fsp3) is 0.278. The lowest BCUT2D eigenvalue weighted by Gasteiger charge is -2.33. The second kappa shape index (κ2) is 7.45. The first-order chi connectivity index (χ1) is 11.6. The lowest BCUT2D eigenvalue weighted by Crippen LogP contribution is -2.42. The summed E-state index contributed by atoms with van der Waals surface area (Å²) in [4.78, 5) is 14.1. The smallest absolute Gasteiger partial charge is 0.323 e. The van der Waals surface area contributed by atoms with Gasteiger partial charge in [-0.05, 0) is 42.2 Å². The number of nitrogens with one attached hydrogen (secondary N) is 1. The molecule has 6 heteroatoms. The maximum absolute atomic E-state index is 12.3. The molecule has 1 aromatic carbocycles. The van der Waals surface area contributed by atoms with Gasteiger partial charge in [0.2, 0.25) is 0 Å². The zero-order chi connectivity index (χ0) is 16.9. The quantitative estimate of drug-likeness (QED) is 0.894. The molecule has 1 N–H and O–H groups in total. The number of hydrogen-bond acceptors (Lipinski definition) is 3. The van der Waals surface area contributed by atoms with Gasteiger partial charge < -0.3 is 4.90 Å². The molecule has 1 saturated heterocycles. The number of aromatic nitrogens is 2. The van der Waals surface area contributed by atoms with Crippen LogP contribution in [-0.4, -0.2) is 34.2 Å². The van der Waals surface area contributed by atoms with Crippen molar-refractivity contribution in [2.45, 2.75) is 13.3 Å². The van der Waals surface area contributed by atoms with E-state index in [1.807, 2.05) is 29.2 Å². The van der Waals surface area contributed by atoms with Gasteiger partial charge in [-0.25, -0.2) is 4.79 Å². The van der Waals surface area contributed by atoms with E-state index < -0.39 is 0 Å². The third-order valence-electron chi connectivity index (χ3n) is 4.11. The number of carbonyl (C=O) groups excluding carboxylic acids is 1. The minimum atomic E-state index is -0.132. The van der Waals surface area contributed by atoms with Gasteiger partial charge in [-0.2, -0.15) is 5.10 Å². The van der Waals surface area contributed by atoms with Gasteiger partial charge in [-0.1, -0.05) is 42.3 Å². The molecule has 0 spiro atoms. The standard InChI is InChI=1S/C18H19ClN4O/c1-13-12-23(18(24)21-17-3-2-9-20-22-17)10-8-15(13)11-14-4-6-16(19)7-5-14/h2-7,9,11,13H,8,10,12H2,1H3,(H,21,22,24)/b15-11+. The van der Waals surface area contributed by atoms with Crippen molar-refractivity contribution >= 4 is 29.5 Å². The summed E-state index contributed by atoms with van der Waals surface area (Å²) in [6.45, 7) is 3.52. The molecule has 24 heavy (non-hydrogen) atoms. The van der Waals surface area contributed by atoms with Crippen molar-refractivity contribution in [3.63, 3.8) is 0 Å². The molecule has 0 aliphatic carbocycles. The van der Waals surface area contributed by atoms with Crippen molar-refractivity contribution in [1.82, 2.24) is 15.1 Å². The molecule has 124 valence electrons. The Morgan fingerprint density at radius 1 is 1.33 bits per heavy atom. The number of hydrogen-bond donors (Lipinski definition) is 1. The molecule has 5 nitrogen and oxygen atoms in total. The molecule has 2 heterocycles. The second-order valence-corrected chi connectivity index (χ2v) is 6.34. The molecule has 3 rings (SSSR count). The molecule has 1 unspecified atom stereocenters. The molecule has 0 saturated carbocycles. The summed E-state index contributed by atoms with van der Waals surface area (Å²) in [5, 5.41) is 11.2. The van der Waals surface area contributed by atoms with Gasteiger partial charge in [0.15, 0.2) is 5.82 Å².